The Labute approximate surface area is 106 Å². The number of likely N-dealkylation sites (N-methyl/N-ethyl adjacent to an activating group) is 1. The van der Waals surface area contributed by atoms with Crippen LogP contribution in [0.2, 0.25) is 0 Å². The minimum atomic E-state index is -0.934. The summed E-state index contributed by atoms with van der Waals surface area (Å²) < 4.78 is 5.51. The van der Waals surface area contributed by atoms with Gasteiger partial charge in [-0.15, -0.1) is 0 Å². The SMILES string of the molecule is CCNC(COc1ccccc1CCO)C(=O)O. The molecule has 0 bridgehead atoms. The summed E-state index contributed by atoms with van der Waals surface area (Å²) in [5.74, 6) is -0.313. The first-order chi connectivity index (χ1) is 8.69. The van der Waals surface area contributed by atoms with Gasteiger partial charge in [-0.2, -0.15) is 0 Å². The number of hydrogen-bond acceptors (Lipinski definition) is 4. The van der Waals surface area contributed by atoms with E-state index in [1.807, 2.05) is 25.1 Å². The van der Waals surface area contributed by atoms with Crippen molar-refractivity contribution in [3.8, 4) is 5.75 Å². The summed E-state index contributed by atoms with van der Waals surface area (Å²) in [7, 11) is 0. The van der Waals surface area contributed by atoms with E-state index in [1.165, 1.54) is 0 Å². The molecule has 5 heteroatoms. The van der Waals surface area contributed by atoms with Crippen molar-refractivity contribution in [1.82, 2.24) is 5.32 Å². The molecule has 1 rings (SSSR count). The van der Waals surface area contributed by atoms with Gasteiger partial charge in [0.15, 0.2) is 0 Å². The highest BCUT2D eigenvalue weighted by molar-refractivity contribution is 5.73. The van der Waals surface area contributed by atoms with E-state index < -0.39 is 12.0 Å². The van der Waals surface area contributed by atoms with Gasteiger partial charge < -0.3 is 20.3 Å². The average Bonchev–Trinajstić information content (AvgIpc) is 2.36. The lowest BCUT2D eigenvalue weighted by atomic mass is 10.1. The Kier molecular flexibility index (Phi) is 6.18. The lowest BCUT2D eigenvalue weighted by molar-refractivity contribution is -0.140. The lowest BCUT2D eigenvalue weighted by Gasteiger charge is -2.16. The second-order valence-corrected chi connectivity index (χ2v) is 3.84. The molecule has 3 N–H and O–H groups in total. The Bertz CT molecular complexity index is 381. The second-order valence-electron chi connectivity index (χ2n) is 3.84. The van der Waals surface area contributed by atoms with Gasteiger partial charge in [0.25, 0.3) is 0 Å². The van der Waals surface area contributed by atoms with Gasteiger partial charge in [-0.3, -0.25) is 4.79 Å². The number of carboxylic acid groups (broad SMARTS) is 1. The van der Waals surface area contributed by atoms with E-state index in [-0.39, 0.29) is 13.2 Å². The Morgan fingerprint density at radius 2 is 2.17 bits per heavy atom. The maximum Gasteiger partial charge on any atom is 0.324 e. The van der Waals surface area contributed by atoms with E-state index in [4.69, 9.17) is 14.9 Å². The summed E-state index contributed by atoms with van der Waals surface area (Å²) in [6.07, 6.45) is 0.495. The first-order valence-electron chi connectivity index (χ1n) is 5.96. The number of carbonyl (C=O) groups is 1. The number of aliphatic hydroxyl groups is 1. The van der Waals surface area contributed by atoms with Crippen molar-refractivity contribution in [2.45, 2.75) is 19.4 Å². The molecule has 0 aliphatic rings. The van der Waals surface area contributed by atoms with Gasteiger partial charge in [0.1, 0.15) is 18.4 Å². The van der Waals surface area contributed by atoms with Crippen LogP contribution in [0.15, 0.2) is 24.3 Å². The minimum absolute atomic E-state index is 0.0376. The number of para-hydroxylation sites is 1. The van der Waals surface area contributed by atoms with Crippen LogP contribution in [0.4, 0.5) is 0 Å². The van der Waals surface area contributed by atoms with Crippen LogP contribution in [0.5, 0.6) is 5.75 Å². The van der Waals surface area contributed by atoms with Gasteiger partial charge in [-0.1, -0.05) is 25.1 Å². The van der Waals surface area contributed by atoms with Crippen molar-refractivity contribution in [2.24, 2.45) is 0 Å². The summed E-state index contributed by atoms with van der Waals surface area (Å²) >= 11 is 0. The fourth-order valence-corrected chi connectivity index (χ4v) is 1.61. The van der Waals surface area contributed by atoms with Crippen LogP contribution in [-0.4, -0.2) is 42.0 Å². The largest absolute Gasteiger partial charge is 0.491 e. The smallest absolute Gasteiger partial charge is 0.324 e. The summed E-state index contributed by atoms with van der Waals surface area (Å²) in [5, 5.41) is 20.7. The molecule has 5 nitrogen and oxygen atoms in total. The number of ether oxygens (including phenoxy) is 1. The van der Waals surface area contributed by atoms with Crippen LogP contribution in [-0.2, 0) is 11.2 Å². The number of carboxylic acids is 1. The van der Waals surface area contributed by atoms with Crippen LogP contribution >= 0.6 is 0 Å². The van der Waals surface area contributed by atoms with E-state index in [1.54, 1.807) is 6.07 Å². The van der Waals surface area contributed by atoms with Crippen LogP contribution in [0.1, 0.15) is 12.5 Å². The Balaban J connectivity index is 2.63. The molecular formula is C13H19NO4. The Hall–Kier alpha value is -1.59. The zero-order chi connectivity index (χ0) is 13.4. The maximum atomic E-state index is 10.9. The monoisotopic (exact) mass is 253 g/mol. The van der Waals surface area contributed by atoms with Crippen molar-refractivity contribution in [1.29, 1.82) is 0 Å². The standard InChI is InChI=1S/C13H19NO4/c1-2-14-11(13(16)17)9-18-12-6-4-3-5-10(12)7-8-15/h3-6,11,14-15H,2,7-9H2,1H3,(H,16,17). The van der Waals surface area contributed by atoms with Crippen LogP contribution in [0, 0.1) is 0 Å². The van der Waals surface area contributed by atoms with E-state index >= 15 is 0 Å². The molecular weight excluding hydrogens is 234 g/mol. The summed E-state index contributed by atoms with van der Waals surface area (Å²) in [6, 6.07) is 6.58. The number of aliphatic hydroxyl groups excluding tert-OH is 1. The van der Waals surface area contributed by atoms with Crippen LogP contribution in [0.3, 0.4) is 0 Å². The molecule has 0 aliphatic carbocycles. The molecule has 100 valence electrons. The number of benzene rings is 1. The molecule has 1 unspecified atom stereocenters. The van der Waals surface area contributed by atoms with Gasteiger partial charge in [0.05, 0.1) is 0 Å². The predicted octanol–water partition coefficient (Wildman–Crippen LogP) is 0.663. The maximum absolute atomic E-state index is 10.9. The zero-order valence-corrected chi connectivity index (χ0v) is 10.4. The average molecular weight is 253 g/mol. The van der Waals surface area contributed by atoms with E-state index in [2.05, 4.69) is 5.32 Å². The van der Waals surface area contributed by atoms with Crippen molar-refractivity contribution < 1.29 is 19.7 Å². The third-order valence-corrected chi connectivity index (χ3v) is 2.51. The minimum Gasteiger partial charge on any atom is -0.491 e. The molecule has 0 aromatic heterocycles. The normalized spacial score (nSPS) is 12.1. The van der Waals surface area contributed by atoms with Gasteiger partial charge in [0.2, 0.25) is 0 Å². The predicted molar refractivity (Wildman–Crippen MR) is 67.8 cm³/mol. The Morgan fingerprint density at radius 3 is 2.78 bits per heavy atom. The summed E-state index contributed by atoms with van der Waals surface area (Å²) in [5.41, 5.74) is 0.876. The van der Waals surface area contributed by atoms with Crippen molar-refractivity contribution in [3.63, 3.8) is 0 Å². The molecule has 0 saturated heterocycles. The summed E-state index contributed by atoms with van der Waals surface area (Å²) in [4.78, 5) is 10.9. The number of aliphatic carboxylic acids is 1. The van der Waals surface area contributed by atoms with Crippen molar-refractivity contribution >= 4 is 5.97 Å². The first-order valence-corrected chi connectivity index (χ1v) is 5.96. The number of hydrogen-bond donors (Lipinski definition) is 3. The fourth-order valence-electron chi connectivity index (χ4n) is 1.61. The molecule has 0 fully saturated rings. The van der Waals surface area contributed by atoms with E-state index in [0.29, 0.717) is 18.7 Å². The van der Waals surface area contributed by atoms with Gasteiger partial charge in [0, 0.05) is 6.61 Å². The van der Waals surface area contributed by atoms with E-state index in [9.17, 15) is 4.79 Å². The Morgan fingerprint density at radius 1 is 1.44 bits per heavy atom. The molecule has 0 amide bonds. The molecule has 1 aromatic carbocycles. The van der Waals surface area contributed by atoms with Gasteiger partial charge in [-0.05, 0) is 24.6 Å². The quantitative estimate of drug-likeness (QED) is 0.634. The zero-order valence-electron chi connectivity index (χ0n) is 10.4. The summed E-state index contributed by atoms with van der Waals surface area (Å²) in [6.45, 7) is 2.51. The molecule has 0 heterocycles. The second kappa shape index (κ2) is 7.68. The highest BCUT2D eigenvalue weighted by Crippen LogP contribution is 2.18. The van der Waals surface area contributed by atoms with Gasteiger partial charge >= 0.3 is 5.97 Å². The first kappa shape index (κ1) is 14.5. The highest BCUT2D eigenvalue weighted by Gasteiger charge is 2.17. The third kappa shape index (κ3) is 4.35. The highest BCUT2D eigenvalue weighted by atomic mass is 16.5. The van der Waals surface area contributed by atoms with Crippen LogP contribution < -0.4 is 10.1 Å². The molecule has 0 spiro atoms. The molecule has 1 atom stereocenters. The lowest BCUT2D eigenvalue weighted by Crippen LogP contribution is -2.41. The molecule has 0 saturated carbocycles. The number of rotatable bonds is 8. The molecule has 0 radical (unpaired) electrons. The topological polar surface area (TPSA) is 78.8 Å². The molecule has 1 aromatic rings. The third-order valence-electron chi connectivity index (χ3n) is 2.51. The van der Waals surface area contributed by atoms with Crippen molar-refractivity contribution in [2.75, 3.05) is 19.8 Å². The molecule has 0 aliphatic heterocycles. The molecule has 18 heavy (non-hydrogen) atoms. The fraction of sp³-hybridized carbons (Fsp3) is 0.462. The van der Waals surface area contributed by atoms with Crippen LogP contribution in [0.25, 0.3) is 0 Å². The van der Waals surface area contributed by atoms with Gasteiger partial charge in [-0.25, -0.2) is 0 Å². The van der Waals surface area contributed by atoms with E-state index in [0.717, 1.165) is 5.56 Å². The van der Waals surface area contributed by atoms with Crippen molar-refractivity contribution in [3.05, 3.63) is 29.8 Å². The number of nitrogens with one attached hydrogen (secondary N) is 1.